The van der Waals surface area contributed by atoms with Gasteiger partial charge in [-0.3, -0.25) is 0 Å². The van der Waals surface area contributed by atoms with E-state index in [9.17, 15) is 0 Å². The number of aliphatic imine (C=N–C) groups is 1. The topological polar surface area (TPSA) is 21.6 Å². The van der Waals surface area contributed by atoms with Crippen molar-refractivity contribution in [3.63, 3.8) is 0 Å². The summed E-state index contributed by atoms with van der Waals surface area (Å²) in [6.45, 7) is 14.8. The highest BCUT2D eigenvalue weighted by Crippen LogP contribution is 2.60. The largest absolute Gasteiger partial charge is 0.479 e. The van der Waals surface area contributed by atoms with Crippen molar-refractivity contribution in [2.45, 2.75) is 77.7 Å². The van der Waals surface area contributed by atoms with E-state index >= 15 is 0 Å². The van der Waals surface area contributed by atoms with Gasteiger partial charge in [0.05, 0.1) is 6.04 Å². The molecule has 0 amide bonds. The zero-order valence-electron chi connectivity index (χ0n) is 13.5. The molecule has 2 rings (SSSR count). The highest BCUT2D eigenvalue weighted by Gasteiger charge is 2.38. The Balaban J connectivity index is 1.99. The lowest BCUT2D eigenvalue weighted by Crippen LogP contribution is -2.25. The molecule has 2 aliphatic rings. The summed E-state index contributed by atoms with van der Waals surface area (Å²) in [5.74, 6) is 1.04. The molecule has 3 heteroatoms. The minimum Gasteiger partial charge on any atom is -0.479 e. The van der Waals surface area contributed by atoms with Gasteiger partial charge in [-0.15, -0.1) is 0 Å². The van der Waals surface area contributed by atoms with Gasteiger partial charge in [0.25, 0.3) is 0 Å². The van der Waals surface area contributed by atoms with Gasteiger partial charge in [-0.2, -0.15) is 0 Å². The molecule has 0 bridgehead atoms. The third-order valence-corrected chi connectivity index (χ3v) is 8.20. The monoisotopic (exact) mass is 283 g/mol. The van der Waals surface area contributed by atoms with E-state index in [0.717, 1.165) is 24.6 Å². The van der Waals surface area contributed by atoms with E-state index < -0.39 is 0 Å². The number of ether oxygens (including phenoxy) is 1. The molecule has 0 spiro atoms. The Morgan fingerprint density at radius 2 is 1.89 bits per heavy atom. The maximum atomic E-state index is 5.88. The van der Waals surface area contributed by atoms with Crippen molar-refractivity contribution in [1.29, 1.82) is 0 Å². The Labute approximate surface area is 120 Å². The first-order chi connectivity index (χ1) is 8.68. The summed E-state index contributed by atoms with van der Waals surface area (Å²) in [7, 11) is 0.131. The van der Waals surface area contributed by atoms with Crippen LogP contribution in [0.25, 0.3) is 0 Å². The molecule has 2 heterocycles. The minimum atomic E-state index is 0.131. The van der Waals surface area contributed by atoms with Crippen LogP contribution < -0.4 is 0 Å². The van der Waals surface area contributed by atoms with Crippen LogP contribution in [0.5, 0.6) is 0 Å². The number of hydrogen-bond acceptors (Lipinski definition) is 2. The smallest absolute Gasteiger partial charge is 0.184 e. The Bertz CT molecular complexity index is 351. The summed E-state index contributed by atoms with van der Waals surface area (Å²) in [6.07, 6.45) is 5.32. The van der Waals surface area contributed by atoms with Gasteiger partial charge in [0, 0.05) is 6.42 Å². The molecule has 1 saturated heterocycles. The second-order valence-electron chi connectivity index (χ2n) is 8.08. The fraction of sp³-hybridized carbons (Fsp3) is 0.938. The zero-order valence-corrected chi connectivity index (χ0v) is 14.4. The van der Waals surface area contributed by atoms with Crippen molar-refractivity contribution in [2.24, 2.45) is 10.4 Å². The standard InChI is InChI=1S/C16H30NOP/c1-15(2,3)13-11-18-14(17-13)10-12-8-7-9-19(12)16(4,5)6/h12-13H,7-11H2,1-6H3/t12-,13-,19-/m1/s1. The van der Waals surface area contributed by atoms with Gasteiger partial charge in [-0.1, -0.05) is 49.5 Å². The molecule has 1 fully saturated rings. The maximum Gasteiger partial charge on any atom is 0.184 e. The van der Waals surface area contributed by atoms with E-state index in [0.29, 0.717) is 11.2 Å². The van der Waals surface area contributed by atoms with Gasteiger partial charge in [0.15, 0.2) is 5.90 Å². The Morgan fingerprint density at radius 3 is 2.42 bits per heavy atom. The van der Waals surface area contributed by atoms with Crippen LogP contribution in [0.15, 0.2) is 4.99 Å². The fourth-order valence-electron chi connectivity index (χ4n) is 3.11. The second-order valence-corrected chi connectivity index (χ2v) is 11.5. The van der Waals surface area contributed by atoms with E-state index in [1.807, 2.05) is 0 Å². The molecule has 0 aliphatic carbocycles. The van der Waals surface area contributed by atoms with E-state index in [4.69, 9.17) is 9.73 Å². The Hall–Kier alpha value is -0.100. The van der Waals surface area contributed by atoms with Crippen molar-refractivity contribution in [3.8, 4) is 0 Å². The van der Waals surface area contributed by atoms with Gasteiger partial charge in [0.1, 0.15) is 6.61 Å². The molecule has 2 aliphatic heterocycles. The molecule has 0 aromatic heterocycles. The molecule has 110 valence electrons. The van der Waals surface area contributed by atoms with Gasteiger partial charge in [-0.25, -0.2) is 4.99 Å². The summed E-state index contributed by atoms with van der Waals surface area (Å²) in [4.78, 5) is 4.84. The predicted molar refractivity (Wildman–Crippen MR) is 85.8 cm³/mol. The molecule has 3 atom stereocenters. The lowest BCUT2D eigenvalue weighted by molar-refractivity contribution is 0.233. The van der Waals surface area contributed by atoms with Crippen LogP contribution in [-0.2, 0) is 4.74 Å². The van der Waals surface area contributed by atoms with Crippen molar-refractivity contribution < 1.29 is 4.74 Å². The summed E-state index contributed by atoms with van der Waals surface area (Å²) >= 11 is 0. The quantitative estimate of drug-likeness (QED) is 0.675. The molecule has 0 saturated carbocycles. The van der Waals surface area contributed by atoms with E-state index in [1.54, 1.807) is 0 Å². The molecular weight excluding hydrogens is 253 g/mol. The first kappa shape index (κ1) is 15.3. The lowest BCUT2D eigenvalue weighted by Gasteiger charge is -2.32. The van der Waals surface area contributed by atoms with Gasteiger partial charge in [0.2, 0.25) is 0 Å². The molecule has 19 heavy (non-hydrogen) atoms. The molecule has 2 nitrogen and oxygen atoms in total. The van der Waals surface area contributed by atoms with Crippen LogP contribution in [0.2, 0.25) is 0 Å². The van der Waals surface area contributed by atoms with E-state index in [2.05, 4.69) is 41.5 Å². The average Bonchev–Trinajstić information content (AvgIpc) is 2.84. The van der Waals surface area contributed by atoms with E-state index in [1.165, 1.54) is 19.0 Å². The van der Waals surface area contributed by atoms with Crippen LogP contribution in [0.4, 0.5) is 0 Å². The lowest BCUT2D eigenvalue weighted by atomic mass is 9.88. The maximum absolute atomic E-state index is 5.88. The average molecular weight is 283 g/mol. The minimum absolute atomic E-state index is 0.131. The van der Waals surface area contributed by atoms with Gasteiger partial charge < -0.3 is 4.74 Å². The normalized spacial score (nSPS) is 32.3. The second kappa shape index (κ2) is 5.35. The third-order valence-electron chi connectivity index (χ3n) is 4.36. The Morgan fingerprint density at radius 1 is 1.21 bits per heavy atom. The molecule has 0 aromatic carbocycles. The molecule has 0 aromatic rings. The summed E-state index contributed by atoms with van der Waals surface area (Å²) in [6, 6.07) is 0.352. The highest BCUT2D eigenvalue weighted by atomic mass is 31.1. The molecular formula is C16H30NOP. The van der Waals surface area contributed by atoms with Crippen molar-refractivity contribution >= 4 is 13.8 Å². The van der Waals surface area contributed by atoms with E-state index in [-0.39, 0.29) is 13.3 Å². The number of nitrogens with zero attached hydrogens (tertiary/aromatic N) is 1. The number of rotatable bonds is 2. The van der Waals surface area contributed by atoms with Crippen molar-refractivity contribution in [2.75, 3.05) is 12.8 Å². The first-order valence-corrected chi connectivity index (χ1v) is 9.24. The van der Waals surface area contributed by atoms with Crippen LogP contribution in [-0.4, -0.2) is 35.5 Å². The third kappa shape index (κ3) is 3.72. The predicted octanol–water partition coefficient (Wildman–Crippen LogP) is 4.66. The molecule has 0 radical (unpaired) electrons. The first-order valence-electron chi connectivity index (χ1n) is 7.64. The summed E-state index contributed by atoms with van der Waals surface area (Å²) in [5, 5.41) is 0.485. The van der Waals surface area contributed by atoms with Gasteiger partial charge >= 0.3 is 0 Å². The zero-order chi connectivity index (χ0) is 14.3. The highest BCUT2D eigenvalue weighted by molar-refractivity contribution is 7.60. The SMILES string of the molecule is CC(C)(C)[C@H]1COC(C[C@H]2CCC[P@@]2C(C)(C)C)=N1. The van der Waals surface area contributed by atoms with Gasteiger partial charge in [-0.05, 0) is 35.2 Å². The van der Waals surface area contributed by atoms with Crippen LogP contribution in [0, 0.1) is 5.41 Å². The number of hydrogen-bond donors (Lipinski definition) is 0. The molecule has 0 N–H and O–H groups in total. The fourth-order valence-corrected chi connectivity index (χ4v) is 6.64. The summed E-state index contributed by atoms with van der Waals surface area (Å²) < 4.78 is 5.88. The van der Waals surface area contributed by atoms with Crippen molar-refractivity contribution in [1.82, 2.24) is 0 Å². The summed E-state index contributed by atoms with van der Waals surface area (Å²) in [5.41, 5.74) is 1.07. The Kier molecular flexibility index (Phi) is 4.31. The van der Waals surface area contributed by atoms with Crippen molar-refractivity contribution in [3.05, 3.63) is 0 Å². The van der Waals surface area contributed by atoms with Crippen LogP contribution >= 0.6 is 7.92 Å². The van der Waals surface area contributed by atoms with Crippen LogP contribution in [0.3, 0.4) is 0 Å². The van der Waals surface area contributed by atoms with Crippen LogP contribution in [0.1, 0.15) is 60.8 Å². The molecule has 0 unspecified atom stereocenters.